The minimum Gasteiger partial charge on any atom is -0.497 e. The lowest BCUT2D eigenvalue weighted by atomic mass is 10.2. The molecule has 0 heterocycles. The van der Waals surface area contributed by atoms with Gasteiger partial charge in [0.2, 0.25) is 0 Å². The van der Waals surface area contributed by atoms with E-state index in [2.05, 4.69) is 15.2 Å². The van der Waals surface area contributed by atoms with Crippen LogP contribution in [0.15, 0.2) is 23.2 Å². The molecular formula is C18H31N3O3. The van der Waals surface area contributed by atoms with Gasteiger partial charge < -0.3 is 24.4 Å². The van der Waals surface area contributed by atoms with Gasteiger partial charge in [0, 0.05) is 52.5 Å². The van der Waals surface area contributed by atoms with Crippen LogP contribution in [0.4, 0.5) is 0 Å². The minimum atomic E-state index is 0.705. The minimum absolute atomic E-state index is 0.705. The number of rotatable bonds is 10. The predicted molar refractivity (Wildman–Crippen MR) is 98.1 cm³/mol. The van der Waals surface area contributed by atoms with Gasteiger partial charge in [0.15, 0.2) is 5.96 Å². The summed E-state index contributed by atoms with van der Waals surface area (Å²) in [5.74, 6) is 2.48. The first kappa shape index (κ1) is 20.1. The Balaban J connectivity index is 2.53. The van der Waals surface area contributed by atoms with Crippen LogP contribution in [0.2, 0.25) is 0 Å². The molecule has 0 aliphatic rings. The van der Waals surface area contributed by atoms with Gasteiger partial charge in [-0.05, 0) is 31.4 Å². The SMILES string of the molecule is CN=C(NCCCCCOC)N(C)Cc1ccc(OC)cc1OC. The molecule has 0 amide bonds. The van der Waals surface area contributed by atoms with Crippen molar-refractivity contribution in [2.45, 2.75) is 25.8 Å². The predicted octanol–water partition coefficient (Wildman–Crippen LogP) is 2.53. The Labute approximate surface area is 145 Å². The number of nitrogens with zero attached hydrogens (tertiary/aromatic N) is 2. The Morgan fingerprint density at radius 3 is 2.54 bits per heavy atom. The number of hydrogen-bond donors (Lipinski definition) is 1. The maximum atomic E-state index is 5.46. The van der Waals surface area contributed by atoms with Crippen molar-refractivity contribution < 1.29 is 14.2 Å². The van der Waals surface area contributed by atoms with E-state index < -0.39 is 0 Å². The second-order valence-electron chi connectivity index (χ2n) is 5.56. The summed E-state index contributed by atoms with van der Waals surface area (Å²) in [6, 6.07) is 5.86. The number of ether oxygens (including phenoxy) is 3. The van der Waals surface area contributed by atoms with Crippen LogP contribution >= 0.6 is 0 Å². The fourth-order valence-corrected chi connectivity index (χ4v) is 2.45. The van der Waals surface area contributed by atoms with Crippen molar-refractivity contribution >= 4 is 5.96 Å². The molecule has 6 heteroatoms. The molecule has 0 atom stereocenters. The summed E-state index contributed by atoms with van der Waals surface area (Å²) in [4.78, 5) is 6.43. The Bertz CT molecular complexity index is 506. The van der Waals surface area contributed by atoms with Gasteiger partial charge in [-0.3, -0.25) is 4.99 Å². The van der Waals surface area contributed by atoms with Gasteiger partial charge in [0.05, 0.1) is 14.2 Å². The summed E-state index contributed by atoms with van der Waals surface area (Å²) < 4.78 is 15.8. The smallest absolute Gasteiger partial charge is 0.193 e. The number of methoxy groups -OCH3 is 3. The van der Waals surface area contributed by atoms with Crippen molar-refractivity contribution in [1.29, 1.82) is 0 Å². The summed E-state index contributed by atoms with van der Waals surface area (Å²) in [5, 5.41) is 3.40. The van der Waals surface area contributed by atoms with Crippen LogP contribution in [0.25, 0.3) is 0 Å². The molecule has 1 aromatic rings. The first-order chi connectivity index (χ1) is 11.7. The zero-order valence-corrected chi connectivity index (χ0v) is 15.6. The number of nitrogens with one attached hydrogen (secondary N) is 1. The Morgan fingerprint density at radius 1 is 1.12 bits per heavy atom. The highest BCUT2D eigenvalue weighted by atomic mass is 16.5. The van der Waals surface area contributed by atoms with Crippen molar-refractivity contribution in [2.75, 3.05) is 48.6 Å². The number of benzene rings is 1. The topological polar surface area (TPSA) is 55.3 Å². The Kier molecular flexibility index (Phi) is 9.68. The fraction of sp³-hybridized carbons (Fsp3) is 0.611. The molecule has 1 rings (SSSR count). The molecule has 1 N–H and O–H groups in total. The summed E-state index contributed by atoms with van der Waals surface area (Å²) in [6.45, 7) is 2.43. The van der Waals surface area contributed by atoms with Crippen molar-refractivity contribution in [1.82, 2.24) is 10.2 Å². The van der Waals surface area contributed by atoms with Gasteiger partial charge in [0.25, 0.3) is 0 Å². The van der Waals surface area contributed by atoms with E-state index in [1.165, 1.54) is 0 Å². The van der Waals surface area contributed by atoms with E-state index in [4.69, 9.17) is 14.2 Å². The first-order valence-corrected chi connectivity index (χ1v) is 8.27. The normalized spacial score (nSPS) is 11.3. The molecule has 0 saturated carbocycles. The third-order valence-corrected chi connectivity index (χ3v) is 3.78. The van der Waals surface area contributed by atoms with E-state index >= 15 is 0 Å². The van der Waals surface area contributed by atoms with Crippen molar-refractivity contribution in [3.63, 3.8) is 0 Å². The van der Waals surface area contributed by atoms with Crippen LogP contribution in [0, 0.1) is 0 Å². The van der Waals surface area contributed by atoms with Crippen LogP contribution in [0.5, 0.6) is 11.5 Å². The second kappa shape index (κ2) is 11.6. The van der Waals surface area contributed by atoms with E-state index in [1.807, 2.05) is 25.2 Å². The molecule has 1 aromatic carbocycles. The van der Waals surface area contributed by atoms with Gasteiger partial charge in [-0.1, -0.05) is 0 Å². The molecule has 0 aromatic heterocycles. The molecular weight excluding hydrogens is 306 g/mol. The highest BCUT2D eigenvalue weighted by Gasteiger charge is 2.11. The molecule has 136 valence electrons. The lowest BCUT2D eigenvalue weighted by molar-refractivity contribution is 0.192. The Hall–Kier alpha value is -1.95. The maximum Gasteiger partial charge on any atom is 0.193 e. The number of hydrogen-bond acceptors (Lipinski definition) is 4. The van der Waals surface area contributed by atoms with Crippen molar-refractivity contribution in [3.8, 4) is 11.5 Å². The summed E-state index contributed by atoms with van der Waals surface area (Å²) in [6.07, 6.45) is 3.34. The van der Waals surface area contributed by atoms with Gasteiger partial charge in [-0.2, -0.15) is 0 Å². The van der Waals surface area contributed by atoms with E-state index in [9.17, 15) is 0 Å². The second-order valence-corrected chi connectivity index (χ2v) is 5.56. The number of unbranched alkanes of at least 4 members (excludes halogenated alkanes) is 2. The quantitative estimate of drug-likeness (QED) is 0.404. The van der Waals surface area contributed by atoms with Gasteiger partial charge in [-0.15, -0.1) is 0 Å². The number of guanidine groups is 1. The van der Waals surface area contributed by atoms with Gasteiger partial charge in [-0.25, -0.2) is 0 Å². The van der Waals surface area contributed by atoms with Crippen LogP contribution in [-0.2, 0) is 11.3 Å². The average molecular weight is 337 g/mol. The highest BCUT2D eigenvalue weighted by molar-refractivity contribution is 5.79. The van der Waals surface area contributed by atoms with Crippen LogP contribution in [0.3, 0.4) is 0 Å². The standard InChI is InChI=1S/C18H31N3O3/c1-19-18(20-11-7-6-8-12-22-3)21(2)14-15-9-10-16(23-4)13-17(15)24-5/h9-10,13H,6-8,11-12,14H2,1-5H3,(H,19,20). The molecule has 0 fully saturated rings. The molecule has 0 radical (unpaired) electrons. The molecule has 0 aliphatic carbocycles. The monoisotopic (exact) mass is 337 g/mol. The summed E-state index contributed by atoms with van der Waals surface area (Å²) in [5.41, 5.74) is 1.09. The lowest BCUT2D eigenvalue weighted by Gasteiger charge is -2.23. The van der Waals surface area contributed by atoms with Gasteiger partial charge in [0.1, 0.15) is 11.5 Å². The highest BCUT2D eigenvalue weighted by Crippen LogP contribution is 2.25. The van der Waals surface area contributed by atoms with Crippen molar-refractivity contribution in [2.24, 2.45) is 4.99 Å². The zero-order valence-electron chi connectivity index (χ0n) is 15.6. The van der Waals surface area contributed by atoms with Gasteiger partial charge >= 0.3 is 0 Å². The fourth-order valence-electron chi connectivity index (χ4n) is 2.45. The molecule has 0 spiro atoms. The zero-order chi connectivity index (χ0) is 17.8. The molecule has 0 bridgehead atoms. The van der Waals surface area contributed by atoms with Crippen LogP contribution < -0.4 is 14.8 Å². The van der Waals surface area contributed by atoms with Crippen LogP contribution in [-0.4, -0.2) is 59.4 Å². The third-order valence-electron chi connectivity index (χ3n) is 3.78. The molecule has 0 aliphatic heterocycles. The van der Waals surface area contributed by atoms with E-state index in [0.717, 1.165) is 55.4 Å². The average Bonchev–Trinajstić information content (AvgIpc) is 2.61. The molecule has 24 heavy (non-hydrogen) atoms. The number of aliphatic imine (C=N–C) groups is 1. The van der Waals surface area contributed by atoms with Crippen molar-refractivity contribution in [3.05, 3.63) is 23.8 Å². The summed E-state index contributed by atoms with van der Waals surface area (Å²) in [7, 11) is 8.88. The lowest BCUT2D eigenvalue weighted by Crippen LogP contribution is -2.38. The summed E-state index contributed by atoms with van der Waals surface area (Å²) >= 11 is 0. The Morgan fingerprint density at radius 2 is 1.92 bits per heavy atom. The molecule has 0 unspecified atom stereocenters. The first-order valence-electron chi connectivity index (χ1n) is 8.27. The van der Waals surface area contributed by atoms with E-state index in [-0.39, 0.29) is 0 Å². The van der Waals surface area contributed by atoms with Crippen LogP contribution in [0.1, 0.15) is 24.8 Å². The van der Waals surface area contributed by atoms with E-state index in [1.54, 1.807) is 28.4 Å². The maximum absolute atomic E-state index is 5.46. The largest absolute Gasteiger partial charge is 0.497 e. The molecule has 6 nitrogen and oxygen atoms in total. The van der Waals surface area contributed by atoms with E-state index in [0.29, 0.717) is 6.54 Å². The molecule has 0 saturated heterocycles. The third kappa shape index (κ3) is 6.66.